The summed E-state index contributed by atoms with van der Waals surface area (Å²) < 4.78 is 25.5. The summed E-state index contributed by atoms with van der Waals surface area (Å²) in [5.41, 5.74) is -1.20. The lowest BCUT2D eigenvalue weighted by atomic mass is 9.89. The second kappa shape index (κ2) is 6.41. The van der Waals surface area contributed by atoms with Gasteiger partial charge in [0.25, 0.3) is 5.91 Å². The van der Waals surface area contributed by atoms with Crippen molar-refractivity contribution < 1.29 is 27.9 Å². The normalized spacial score (nSPS) is 28.2. The number of likely N-dealkylation sites (tertiary alicyclic amines) is 1. The molecule has 2 fully saturated rings. The van der Waals surface area contributed by atoms with Gasteiger partial charge in [0.15, 0.2) is 22.7 Å². The van der Waals surface area contributed by atoms with Crippen LogP contribution in [0, 0.1) is 11.8 Å². The van der Waals surface area contributed by atoms with Crippen LogP contribution >= 0.6 is 0 Å². The highest BCUT2D eigenvalue weighted by Gasteiger charge is 2.55. The molecule has 0 spiro atoms. The van der Waals surface area contributed by atoms with Crippen molar-refractivity contribution in [3.8, 4) is 0 Å². The summed E-state index contributed by atoms with van der Waals surface area (Å²) in [5.74, 6) is -3.00. The molecule has 30 heavy (non-hydrogen) atoms. The van der Waals surface area contributed by atoms with Gasteiger partial charge in [-0.15, -0.1) is 0 Å². The minimum Gasteiger partial charge on any atom is -0.494 e. The molecule has 9 nitrogen and oxygen atoms in total. The van der Waals surface area contributed by atoms with Gasteiger partial charge in [-0.1, -0.05) is 6.08 Å². The lowest BCUT2D eigenvalue weighted by Crippen LogP contribution is -2.53. The molecule has 2 aromatic heterocycles. The number of allylic oxidation sites excluding steroid dienone is 1. The molecular weight excluding hydrogens is 395 g/mol. The summed E-state index contributed by atoms with van der Waals surface area (Å²) in [7, 11) is 1.33. The molecular formula is C20H17FN4O5. The van der Waals surface area contributed by atoms with Crippen LogP contribution in [-0.2, 0) is 19.9 Å². The van der Waals surface area contributed by atoms with Gasteiger partial charge in [-0.2, -0.15) is 0 Å². The zero-order valence-electron chi connectivity index (χ0n) is 15.8. The van der Waals surface area contributed by atoms with Crippen LogP contribution in [0.25, 0.3) is 11.0 Å². The molecule has 2 aromatic rings. The Labute approximate surface area is 169 Å². The molecule has 2 aliphatic heterocycles. The first-order valence-electron chi connectivity index (χ1n) is 9.31. The summed E-state index contributed by atoms with van der Waals surface area (Å²) in [6, 6.07) is 2.63. The van der Waals surface area contributed by atoms with E-state index in [0.29, 0.717) is 11.0 Å². The fourth-order valence-electron chi connectivity index (χ4n) is 4.29. The molecule has 0 bridgehead atoms. The number of furan rings is 1. The van der Waals surface area contributed by atoms with Gasteiger partial charge in [0, 0.05) is 24.0 Å². The highest BCUT2D eigenvalue weighted by Crippen LogP contribution is 2.40. The number of rotatable bonds is 4. The van der Waals surface area contributed by atoms with Crippen molar-refractivity contribution in [2.75, 3.05) is 20.2 Å². The second-order valence-corrected chi connectivity index (χ2v) is 7.47. The smallest absolute Gasteiger partial charge is 0.322 e. The number of halogens is 1. The van der Waals surface area contributed by atoms with Gasteiger partial charge >= 0.3 is 6.03 Å². The van der Waals surface area contributed by atoms with E-state index >= 15 is 0 Å². The predicted octanol–water partition coefficient (Wildman–Crippen LogP) is 1.33. The van der Waals surface area contributed by atoms with E-state index < -0.39 is 41.0 Å². The van der Waals surface area contributed by atoms with Crippen LogP contribution in [0.2, 0.25) is 0 Å². The molecule has 3 atom stereocenters. The van der Waals surface area contributed by atoms with Crippen molar-refractivity contribution in [1.29, 1.82) is 0 Å². The molecule has 0 saturated carbocycles. The fraction of sp³-hybridized carbons (Fsp3) is 0.300. The largest absolute Gasteiger partial charge is 0.494 e. The maximum atomic E-state index is 14.7. The van der Waals surface area contributed by atoms with E-state index in [1.165, 1.54) is 24.3 Å². The van der Waals surface area contributed by atoms with Gasteiger partial charge in [0.1, 0.15) is 11.7 Å². The molecule has 5 rings (SSSR count). The number of hydrogen-bond donors (Lipinski definition) is 2. The first-order chi connectivity index (χ1) is 14.4. The molecule has 2 saturated heterocycles. The lowest BCUT2D eigenvalue weighted by Gasteiger charge is -2.29. The Balaban J connectivity index is 1.53. The molecule has 2 unspecified atom stereocenters. The highest BCUT2D eigenvalue weighted by atomic mass is 19.1. The van der Waals surface area contributed by atoms with Crippen molar-refractivity contribution >= 4 is 28.8 Å². The number of amides is 4. The van der Waals surface area contributed by atoms with Gasteiger partial charge in [-0.05, 0) is 18.2 Å². The van der Waals surface area contributed by atoms with Crippen LogP contribution in [0.5, 0.6) is 0 Å². The minimum atomic E-state index is -1.63. The number of fused-ring (bicyclic) bond motifs is 2. The van der Waals surface area contributed by atoms with Crippen LogP contribution in [0.3, 0.4) is 0 Å². The van der Waals surface area contributed by atoms with E-state index in [1.807, 2.05) is 0 Å². The van der Waals surface area contributed by atoms with Crippen molar-refractivity contribution in [1.82, 2.24) is 20.5 Å². The third kappa shape index (κ3) is 2.53. The van der Waals surface area contributed by atoms with Gasteiger partial charge in [-0.3, -0.25) is 19.9 Å². The maximum absolute atomic E-state index is 14.7. The van der Waals surface area contributed by atoms with Crippen LogP contribution in [-0.4, -0.2) is 47.9 Å². The molecule has 4 amide bonds. The van der Waals surface area contributed by atoms with Crippen LogP contribution in [0.4, 0.5) is 9.18 Å². The first kappa shape index (κ1) is 18.3. The van der Waals surface area contributed by atoms with Gasteiger partial charge in [0.05, 0.1) is 19.9 Å². The van der Waals surface area contributed by atoms with E-state index in [0.717, 1.165) is 0 Å². The van der Waals surface area contributed by atoms with E-state index in [2.05, 4.69) is 15.6 Å². The number of carbonyl (C=O) groups excluding carboxylic acids is 3. The van der Waals surface area contributed by atoms with E-state index in [9.17, 15) is 18.8 Å². The number of ether oxygens (including phenoxy) is 1. The number of imide groups is 1. The number of carbonyl (C=O) groups is 3. The van der Waals surface area contributed by atoms with Crippen molar-refractivity contribution in [2.45, 2.75) is 5.54 Å². The molecule has 3 aliphatic rings. The predicted molar refractivity (Wildman–Crippen MR) is 100 cm³/mol. The summed E-state index contributed by atoms with van der Waals surface area (Å²) in [5, 5.41) is 5.50. The van der Waals surface area contributed by atoms with Crippen molar-refractivity contribution in [3.05, 3.63) is 54.0 Å². The molecule has 154 valence electrons. The van der Waals surface area contributed by atoms with Crippen LogP contribution in [0.15, 0.2) is 52.7 Å². The number of aromatic nitrogens is 1. The first-order valence-corrected chi connectivity index (χ1v) is 9.31. The second-order valence-electron chi connectivity index (χ2n) is 7.47. The van der Waals surface area contributed by atoms with Crippen molar-refractivity contribution in [3.63, 3.8) is 0 Å². The summed E-state index contributed by atoms with van der Waals surface area (Å²) in [6.07, 6.45) is 6.29. The highest BCUT2D eigenvalue weighted by molar-refractivity contribution is 6.08. The van der Waals surface area contributed by atoms with Crippen LogP contribution < -0.4 is 10.6 Å². The zero-order valence-corrected chi connectivity index (χ0v) is 15.8. The van der Waals surface area contributed by atoms with E-state index in [1.54, 1.807) is 24.4 Å². The van der Waals surface area contributed by atoms with E-state index in [-0.39, 0.29) is 24.6 Å². The molecule has 0 aromatic carbocycles. The Kier molecular flexibility index (Phi) is 3.92. The third-order valence-electron chi connectivity index (χ3n) is 5.77. The Bertz CT molecular complexity index is 1120. The van der Waals surface area contributed by atoms with Crippen molar-refractivity contribution in [2.24, 2.45) is 11.8 Å². The topological polar surface area (TPSA) is 114 Å². The van der Waals surface area contributed by atoms with Gasteiger partial charge in [0.2, 0.25) is 5.91 Å². The molecule has 0 radical (unpaired) electrons. The summed E-state index contributed by atoms with van der Waals surface area (Å²) in [4.78, 5) is 43.2. The minimum absolute atomic E-state index is 0.0119. The maximum Gasteiger partial charge on any atom is 0.322 e. The fourth-order valence-corrected chi connectivity index (χ4v) is 4.29. The number of pyridine rings is 1. The summed E-state index contributed by atoms with van der Waals surface area (Å²) >= 11 is 0. The number of urea groups is 1. The number of methoxy groups -OCH3 is 1. The lowest BCUT2D eigenvalue weighted by molar-refractivity contribution is -0.133. The van der Waals surface area contributed by atoms with Gasteiger partial charge < -0.3 is 19.4 Å². The molecule has 1 aliphatic carbocycles. The SMILES string of the molecule is COC1=C(F)C2C(=O)N(C[C@@]3(c4cc5ccncc5o4)NC(=O)NC3=O)CC2C=C1. The molecule has 4 heterocycles. The quantitative estimate of drug-likeness (QED) is 0.733. The van der Waals surface area contributed by atoms with E-state index in [4.69, 9.17) is 9.15 Å². The molecule has 10 heteroatoms. The monoisotopic (exact) mass is 412 g/mol. The Morgan fingerprint density at radius 3 is 2.93 bits per heavy atom. The Hall–Kier alpha value is -3.69. The van der Waals surface area contributed by atoms with Gasteiger partial charge in [-0.25, -0.2) is 9.18 Å². The number of nitrogens with one attached hydrogen (secondary N) is 2. The molecule has 2 N–H and O–H groups in total. The zero-order chi connectivity index (χ0) is 21.0. The summed E-state index contributed by atoms with van der Waals surface area (Å²) in [6.45, 7) is -0.00973. The average Bonchev–Trinajstić information content (AvgIpc) is 3.37. The Morgan fingerprint density at radius 1 is 1.40 bits per heavy atom. The van der Waals surface area contributed by atoms with Crippen LogP contribution in [0.1, 0.15) is 5.76 Å². The average molecular weight is 412 g/mol. The number of hydrogen-bond acceptors (Lipinski definition) is 6. The standard InChI is InChI=1S/C20H17FN4O5/c1-29-12-3-2-11-8-25(17(26)15(11)16(12)21)9-20(18(27)23-19(28)24-20)14-6-10-4-5-22-7-13(10)30-14/h2-7,11,15H,8-9H2,1H3,(H2,23,24,27,28)/t11?,15?,20-/m0/s1. The Morgan fingerprint density at radius 2 is 2.23 bits per heavy atom. The third-order valence-corrected chi connectivity index (χ3v) is 5.77. The number of nitrogens with zero attached hydrogens (tertiary/aromatic N) is 2.